The monoisotopic (exact) mass is 184 g/mol. The Kier molecular flexibility index (Phi) is 2.59. The summed E-state index contributed by atoms with van der Waals surface area (Å²) in [5.41, 5.74) is 2.11. The fraction of sp³-hybridized carbons (Fsp3) is 0.154. The molecule has 0 radical (unpaired) electrons. The van der Waals surface area contributed by atoms with Crippen LogP contribution in [0.5, 0.6) is 0 Å². The highest BCUT2D eigenvalue weighted by atomic mass is 16.1. The first-order chi connectivity index (χ1) is 6.86. The summed E-state index contributed by atoms with van der Waals surface area (Å²) in [5, 5.41) is 0. The number of rotatable bonds is 2. The molecule has 70 valence electrons. The largest absolute Gasteiger partial charge is 0.294 e. The summed E-state index contributed by atoms with van der Waals surface area (Å²) in [6, 6.07) is 10.1. The standard InChI is InChI=1S/C13H12O/c14-13-9-5-4-8-12(13)10-11-6-2-1-3-7-11/h1-8H,9-10H2. The molecular weight excluding hydrogens is 172 g/mol. The van der Waals surface area contributed by atoms with Crippen LogP contribution >= 0.6 is 0 Å². The Morgan fingerprint density at radius 1 is 1.14 bits per heavy atom. The zero-order valence-corrected chi connectivity index (χ0v) is 7.94. The van der Waals surface area contributed by atoms with E-state index in [0.29, 0.717) is 6.42 Å². The number of ketones is 1. The SMILES string of the molecule is O=C1CC=CC=C1Cc1ccccc1. The third kappa shape index (κ3) is 1.99. The minimum absolute atomic E-state index is 0.247. The van der Waals surface area contributed by atoms with Crippen LogP contribution in [0.15, 0.2) is 54.1 Å². The summed E-state index contributed by atoms with van der Waals surface area (Å²) in [6.45, 7) is 0. The van der Waals surface area contributed by atoms with E-state index < -0.39 is 0 Å². The van der Waals surface area contributed by atoms with E-state index in [9.17, 15) is 4.79 Å². The molecule has 0 saturated heterocycles. The van der Waals surface area contributed by atoms with E-state index in [1.165, 1.54) is 5.56 Å². The Bertz CT molecular complexity index is 385. The van der Waals surface area contributed by atoms with Gasteiger partial charge in [-0.3, -0.25) is 4.79 Å². The molecule has 1 aliphatic rings. The van der Waals surface area contributed by atoms with Gasteiger partial charge in [0.05, 0.1) is 0 Å². The van der Waals surface area contributed by atoms with Crippen LogP contribution in [0.1, 0.15) is 12.0 Å². The van der Waals surface area contributed by atoms with Crippen LogP contribution in [-0.4, -0.2) is 5.78 Å². The van der Waals surface area contributed by atoms with Crippen molar-refractivity contribution in [2.45, 2.75) is 12.8 Å². The average Bonchev–Trinajstić information content (AvgIpc) is 2.23. The van der Waals surface area contributed by atoms with Gasteiger partial charge in [0.2, 0.25) is 0 Å². The average molecular weight is 184 g/mol. The predicted molar refractivity (Wildman–Crippen MR) is 57.0 cm³/mol. The van der Waals surface area contributed by atoms with Crippen molar-refractivity contribution in [2.75, 3.05) is 0 Å². The van der Waals surface area contributed by atoms with E-state index >= 15 is 0 Å². The van der Waals surface area contributed by atoms with E-state index in [-0.39, 0.29) is 5.78 Å². The highest BCUT2D eigenvalue weighted by Crippen LogP contribution is 2.13. The number of benzene rings is 1. The zero-order valence-electron chi connectivity index (χ0n) is 7.94. The Hall–Kier alpha value is -1.63. The second kappa shape index (κ2) is 4.05. The first kappa shape index (κ1) is 8.95. The van der Waals surface area contributed by atoms with Gasteiger partial charge in [-0.25, -0.2) is 0 Å². The summed E-state index contributed by atoms with van der Waals surface area (Å²) in [7, 11) is 0. The Morgan fingerprint density at radius 2 is 1.93 bits per heavy atom. The summed E-state index contributed by atoms with van der Waals surface area (Å²) >= 11 is 0. The van der Waals surface area contributed by atoms with Crippen LogP contribution in [0, 0.1) is 0 Å². The minimum Gasteiger partial charge on any atom is -0.294 e. The van der Waals surface area contributed by atoms with Crippen molar-refractivity contribution >= 4 is 5.78 Å². The summed E-state index contributed by atoms with van der Waals surface area (Å²) in [5.74, 6) is 0.247. The molecule has 0 fully saturated rings. The lowest BCUT2D eigenvalue weighted by Gasteiger charge is -2.07. The molecule has 1 aromatic carbocycles. The minimum atomic E-state index is 0.247. The number of Topliss-reactive ketones (excluding diaryl/α,β-unsaturated/α-hetero) is 1. The zero-order chi connectivity index (χ0) is 9.80. The van der Waals surface area contributed by atoms with E-state index in [4.69, 9.17) is 0 Å². The van der Waals surface area contributed by atoms with E-state index in [1.54, 1.807) is 0 Å². The quantitative estimate of drug-likeness (QED) is 0.690. The number of carbonyl (C=O) groups is 1. The molecule has 0 bridgehead atoms. The molecule has 0 unspecified atom stereocenters. The molecule has 1 aliphatic carbocycles. The highest BCUT2D eigenvalue weighted by molar-refractivity contribution is 5.97. The maximum atomic E-state index is 11.5. The van der Waals surface area contributed by atoms with Crippen molar-refractivity contribution in [1.29, 1.82) is 0 Å². The van der Waals surface area contributed by atoms with Crippen LogP contribution in [0.3, 0.4) is 0 Å². The van der Waals surface area contributed by atoms with Gasteiger partial charge in [-0.2, -0.15) is 0 Å². The third-order valence-corrected chi connectivity index (χ3v) is 2.33. The van der Waals surface area contributed by atoms with Gasteiger partial charge < -0.3 is 0 Å². The second-order valence-corrected chi connectivity index (χ2v) is 3.41. The Labute approximate surface area is 83.8 Å². The maximum absolute atomic E-state index is 11.5. The molecule has 1 aromatic rings. The lowest BCUT2D eigenvalue weighted by molar-refractivity contribution is -0.114. The summed E-state index contributed by atoms with van der Waals surface area (Å²) in [4.78, 5) is 11.5. The lowest BCUT2D eigenvalue weighted by Crippen LogP contribution is -2.06. The van der Waals surface area contributed by atoms with Gasteiger partial charge in [0.25, 0.3) is 0 Å². The van der Waals surface area contributed by atoms with E-state index in [1.807, 2.05) is 48.6 Å². The van der Waals surface area contributed by atoms with E-state index in [0.717, 1.165) is 12.0 Å². The van der Waals surface area contributed by atoms with Crippen molar-refractivity contribution in [3.8, 4) is 0 Å². The van der Waals surface area contributed by atoms with Crippen LogP contribution < -0.4 is 0 Å². The van der Waals surface area contributed by atoms with Crippen molar-refractivity contribution in [3.05, 3.63) is 59.7 Å². The Morgan fingerprint density at radius 3 is 2.64 bits per heavy atom. The normalized spacial score (nSPS) is 15.4. The molecule has 0 aromatic heterocycles. The smallest absolute Gasteiger partial charge is 0.162 e. The highest BCUT2D eigenvalue weighted by Gasteiger charge is 2.10. The van der Waals surface area contributed by atoms with Crippen LogP contribution in [-0.2, 0) is 11.2 Å². The molecule has 0 spiro atoms. The van der Waals surface area contributed by atoms with Crippen molar-refractivity contribution in [1.82, 2.24) is 0 Å². The van der Waals surface area contributed by atoms with Crippen molar-refractivity contribution in [3.63, 3.8) is 0 Å². The van der Waals surface area contributed by atoms with Crippen molar-refractivity contribution in [2.24, 2.45) is 0 Å². The molecule has 0 N–H and O–H groups in total. The fourth-order valence-corrected chi connectivity index (χ4v) is 1.56. The van der Waals surface area contributed by atoms with Gasteiger partial charge in [-0.15, -0.1) is 0 Å². The second-order valence-electron chi connectivity index (χ2n) is 3.41. The molecule has 14 heavy (non-hydrogen) atoms. The summed E-state index contributed by atoms with van der Waals surface area (Å²) in [6.07, 6.45) is 7.08. The number of carbonyl (C=O) groups excluding carboxylic acids is 1. The molecule has 1 nitrogen and oxygen atoms in total. The maximum Gasteiger partial charge on any atom is 0.162 e. The molecule has 2 rings (SSSR count). The number of hydrogen-bond donors (Lipinski definition) is 0. The van der Waals surface area contributed by atoms with Gasteiger partial charge in [0.1, 0.15) is 0 Å². The molecular formula is C13H12O. The number of allylic oxidation sites excluding steroid dienone is 4. The van der Waals surface area contributed by atoms with E-state index in [2.05, 4.69) is 0 Å². The molecule has 0 aliphatic heterocycles. The van der Waals surface area contributed by atoms with Gasteiger partial charge in [-0.1, -0.05) is 48.6 Å². The first-order valence-electron chi connectivity index (χ1n) is 4.79. The van der Waals surface area contributed by atoms with Crippen LogP contribution in [0.2, 0.25) is 0 Å². The van der Waals surface area contributed by atoms with Gasteiger partial charge in [0.15, 0.2) is 5.78 Å². The molecule has 0 saturated carbocycles. The Balaban J connectivity index is 2.15. The van der Waals surface area contributed by atoms with Crippen LogP contribution in [0.4, 0.5) is 0 Å². The van der Waals surface area contributed by atoms with Crippen molar-refractivity contribution < 1.29 is 4.79 Å². The fourth-order valence-electron chi connectivity index (χ4n) is 1.56. The molecule has 0 amide bonds. The van der Waals surface area contributed by atoms with Gasteiger partial charge in [0, 0.05) is 12.8 Å². The molecule has 0 atom stereocenters. The van der Waals surface area contributed by atoms with Crippen LogP contribution in [0.25, 0.3) is 0 Å². The molecule has 1 heteroatoms. The van der Waals surface area contributed by atoms with Gasteiger partial charge >= 0.3 is 0 Å². The third-order valence-electron chi connectivity index (χ3n) is 2.33. The lowest BCUT2D eigenvalue weighted by atomic mass is 9.97. The number of hydrogen-bond acceptors (Lipinski definition) is 1. The summed E-state index contributed by atoms with van der Waals surface area (Å²) < 4.78 is 0. The molecule has 0 heterocycles. The predicted octanol–water partition coefficient (Wildman–Crippen LogP) is 2.68. The first-order valence-corrected chi connectivity index (χ1v) is 4.79. The van der Waals surface area contributed by atoms with Gasteiger partial charge in [-0.05, 0) is 11.1 Å². The topological polar surface area (TPSA) is 17.1 Å².